The number of halogens is 1. The fraction of sp³-hybridized carbons (Fsp3) is 0.300. The summed E-state index contributed by atoms with van der Waals surface area (Å²) >= 11 is 5.90. The molecule has 0 aromatic heterocycles. The van der Waals surface area contributed by atoms with Crippen LogP contribution >= 0.6 is 11.6 Å². The lowest BCUT2D eigenvalue weighted by Gasteiger charge is -2.28. The molecule has 10 heteroatoms. The second kappa shape index (κ2) is 10.4. The molecular formula is C20H22ClN3O6. The number of nitrogens with one attached hydrogen (secondary N) is 1. The van der Waals surface area contributed by atoms with Crippen molar-refractivity contribution in [1.29, 1.82) is 0 Å². The van der Waals surface area contributed by atoms with Crippen LogP contribution < -0.4 is 14.8 Å². The quantitative estimate of drug-likeness (QED) is 0.479. The Balaban J connectivity index is 2.16. The SMILES string of the molecule is CNC(=O)[C@@H](C)N(Cc1ccc(Cl)cc1)C(=O)COc1ccc([N+](=O)[O-])c(OC)c1. The molecule has 2 amide bonds. The summed E-state index contributed by atoms with van der Waals surface area (Å²) < 4.78 is 10.5. The van der Waals surface area contributed by atoms with Gasteiger partial charge in [0.1, 0.15) is 11.8 Å². The molecule has 1 N–H and O–H groups in total. The number of nitrogens with zero attached hydrogens (tertiary/aromatic N) is 2. The summed E-state index contributed by atoms with van der Waals surface area (Å²) in [6.45, 7) is 1.43. The highest BCUT2D eigenvalue weighted by atomic mass is 35.5. The van der Waals surface area contributed by atoms with E-state index < -0.39 is 16.9 Å². The van der Waals surface area contributed by atoms with Crippen molar-refractivity contribution in [2.75, 3.05) is 20.8 Å². The van der Waals surface area contributed by atoms with E-state index in [9.17, 15) is 19.7 Å². The third-order valence-electron chi connectivity index (χ3n) is 4.39. The minimum atomic E-state index is -0.742. The average Bonchev–Trinajstić information content (AvgIpc) is 2.75. The number of hydrogen-bond acceptors (Lipinski definition) is 6. The summed E-state index contributed by atoms with van der Waals surface area (Å²) in [7, 11) is 2.79. The first kappa shape index (κ1) is 23.0. The number of ether oxygens (including phenoxy) is 2. The number of carbonyl (C=O) groups is 2. The number of methoxy groups -OCH3 is 1. The topological polar surface area (TPSA) is 111 Å². The Bertz CT molecular complexity index is 919. The zero-order valence-corrected chi connectivity index (χ0v) is 17.5. The first-order valence-electron chi connectivity index (χ1n) is 8.97. The predicted octanol–water partition coefficient (Wildman–Crippen LogP) is 2.80. The highest BCUT2D eigenvalue weighted by Crippen LogP contribution is 2.30. The lowest BCUT2D eigenvalue weighted by molar-refractivity contribution is -0.385. The van der Waals surface area contributed by atoms with Crippen LogP contribution in [0.15, 0.2) is 42.5 Å². The van der Waals surface area contributed by atoms with Crippen LogP contribution in [0, 0.1) is 10.1 Å². The third-order valence-corrected chi connectivity index (χ3v) is 4.64. The molecular weight excluding hydrogens is 414 g/mol. The zero-order chi connectivity index (χ0) is 22.3. The van der Waals surface area contributed by atoms with Crippen LogP contribution in [0.5, 0.6) is 11.5 Å². The summed E-state index contributed by atoms with van der Waals surface area (Å²) in [4.78, 5) is 36.7. The molecule has 0 saturated heterocycles. The zero-order valence-electron chi connectivity index (χ0n) is 16.8. The minimum absolute atomic E-state index is 0.0155. The van der Waals surface area contributed by atoms with E-state index >= 15 is 0 Å². The molecule has 0 heterocycles. The average molecular weight is 436 g/mol. The number of hydrogen-bond donors (Lipinski definition) is 1. The first-order valence-corrected chi connectivity index (χ1v) is 9.35. The van der Waals surface area contributed by atoms with Gasteiger partial charge in [0, 0.05) is 30.7 Å². The van der Waals surface area contributed by atoms with Gasteiger partial charge in [-0.05, 0) is 30.7 Å². The van der Waals surface area contributed by atoms with Crippen molar-refractivity contribution in [3.05, 3.63) is 63.2 Å². The van der Waals surface area contributed by atoms with Crippen LogP contribution in [0.3, 0.4) is 0 Å². The summed E-state index contributed by atoms with van der Waals surface area (Å²) in [6.07, 6.45) is 0. The second-order valence-corrected chi connectivity index (χ2v) is 6.75. The molecule has 2 aromatic rings. The van der Waals surface area contributed by atoms with Crippen molar-refractivity contribution < 1.29 is 24.0 Å². The predicted molar refractivity (Wildman–Crippen MR) is 111 cm³/mol. The molecule has 2 rings (SSSR count). The van der Waals surface area contributed by atoms with Crippen LogP contribution in [0.25, 0.3) is 0 Å². The Morgan fingerprint density at radius 2 is 1.90 bits per heavy atom. The molecule has 0 unspecified atom stereocenters. The summed E-state index contributed by atoms with van der Waals surface area (Å²) in [5.74, 6) is -0.515. The maximum Gasteiger partial charge on any atom is 0.311 e. The molecule has 9 nitrogen and oxygen atoms in total. The minimum Gasteiger partial charge on any atom is -0.490 e. The van der Waals surface area contributed by atoms with Gasteiger partial charge in [0.05, 0.1) is 12.0 Å². The standard InChI is InChI=1S/C20H22ClN3O6/c1-13(20(26)22-2)23(11-14-4-6-15(21)7-5-14)19(25)12-30-16-8-9-17(24(27)28)18(10-16)29-3/h4-10,13H,11-12H2,1-3H3,(H,22,26)/t13-/m1/s1. The highest BCUT2D eigenvalue weighted by molar-refractivity contribution is 6.30. The number of rotatable bonds is 9. The van der Waals surface area contributed by atoms with Crippen LogP contribution in [0.2, 0.25) is 5.02 Å². The van der Waals surface area contributed by atoms with Gasteiger partial charge in [-0.1, -0.05) is 23.7 Å². The van der Waals surface area contributed by atoms with E-state index in [4.69, 9.17) is 21.1 Å². The van der Waals surface area contributed by atoms with Gasteiger partial charge in [-0.2, -0.15) is 0 Å². The Kier molecular flexibility index (Phi) is 7.99. The van der Waals surface area contributed by atoms with E-state index in [-0.39, 0.29) is 36.2 Å². The van der Waals surface area contributed by atoms with E-state index in [1.807, 2.05) is 0 Å². The van der Waals surface area contributed by atoms with Crippen LogP contribution in [-0.4, -0.2) is 48.4 Å². The Labute approximate surface area is 178 Å². The van der Waals surface area contributed by atoms with E-state index in [1.165, 1.54) is 37.3 Å². The fourth-order valence-electron chi connectivity index (χ4n) is 2.70. The van der Waals surface area contributed by atoms with Crippen LogP contribution in [0.4, 0.5) is 5.69 Å². The van der Waals surface area contributed by atoms with Gasteiger partial charge in [-0.3, -0.25) is 19.7 Å². The lowest BCUT2D eigenvalue weighted by atomic mass is 10.1. The Hall–Kier alpha value is -3.33. The number of benzene rings is 2. The monoisotopic (exact) mass is 435 g/mol. The molecule has 30 heavy (non-hydrogen) atoms. The van der Waals surface area contributed by atoms with E-state index in [0.717, 1.165) is 5.56 Å². The molecule has 0 fully saturated rings. The van der Waals surface area contributed by atoms with E-state index in [2.05, 4.69) is 5.32 Å². The molecule has 0 bridgehead atoms. The molecule has 0 saturated carbocycles. The summed E-state index contributed by atoms with van der Waals surface area (Å²) in [5, 5.41) is 14.1. The first-order chi connectivity index (χ1) is 14.3. The number of likely N-dealkylation sites (N-methyl/N-ethyl adjacent to an activating group) is 1. The second-order valence-electron chi connectivity index (χ2n) is 6.32. The highest BCUT2D eigenvalue weighted by Gasteiger charge is 2.26. The van der Waals surface area contributed by atoms with Crippen LogP contribution in [0.1, 0.15) is 12.5 Å². The van der Waals surface area contributed by atoms with Crippen molar-refractivity contribution in [3.8, 4) is 11.5 Å². The van der Waals surface area contributed by atoms with Gasteiger partial charge >= 0.3 is 5.69 Å². The van der Waals surface area contributed by atoms with Crippen molar-refractivity contribution in [2.24, 2.45) is 0 Å². The molecule has 0 spiro atoms. The van der Waals surface area contributed by atoms with Crippen LogP contribution in [-0.2, 0) is 16.1 Å². The van der Waals surface area contributed by atoms with Gasteiger partial charge in [0.15, 0.2) is 6.61 Å². The number of amides is 2. The van der Waals surface area contributed by atoms with Crippen molar-refractivity contribution in [3.63, 3.8) is 0 Å². The lowest BCUT2D eigenvalue weighted by Crippen LogP contribution is -2.48. The largest absolute Gasteiger partial charge is 0.490 e. The van der Waals surface area contributed by atoms with Gasteiger partial charge < -0.3 is 19.7 Å². The molecule has 160 valence electrons. The summed E-state index contributed by atoms with van der Waals surface area (Å²) in [6, 6.07) is 10.1. The fourth-order valence-corrected chi connectivity index (χ4v) is 2.83. The maximum atomic E-state index is 12.8. The Morgan fingerprint density at radius 1 is 1.23 bits per heavy atom. The molecule has 1 atom stereocenters. The van der Waals surface area contributed by atoms with Crippen molar-refractivity contribution >= 4 is 29.1 Å². The smallest absolute Gasteiger partial charge is 0.311 e. The van der Waals surface area contributed by atoms with Crippen molar-refractivity contribution in [2.45, 2.75) is 19.5 Å². The van der Waals surface area contributed by atoms with Gasteiger partial charge in [-0.15, -0.1) is 0 Å². The van der Waals surface area contributed by atoms with Gasteiger partial charge in [0.25, 0.3) is 5.91 Å². The molecule has 0 aliphatic rings. The molecule has 2 aromatic carbocycles. The normalized spacial score (nSPS) is 11.3. The number of nitro benzene ring substituents is 1. The third kappa shape index (κ3) is 5.84. The van der Waals surface area contributed by atoms with Crippen molar-refractivity contribution in [1.82, 2.24) is 10.2 Å². The van der Waals surface area contributed by atoms with E-state index in [1.54, 1.807) is 31.2 Å². The Morgan fingerprint density at radius 3 is 2.47 bits per heavy atom. The number of carbonyl (C=O) groups excluding carboxylic acids is 2. The van der Waals surface area contributed by atoms with Gasteiger partial charge in [0.2, 0.25) is 11.7 Å². The molecule has 0 aliphatic carbocycles. The molecule has 0 aliphatic heterocycles. The number of nitro groups is 1. The molecule has 0 radical (unpaired) electrons. The maximum absolute atomic E-state index is 12.8. The van der Waals surface area contributed by atoms with Gasteiger partial charge in [-0.25, -0.2) is 0 Å². The summed E-state index contributed by atoms with van der Waals surface area (Å²) in [5.41, 5.74) is 0.578. The van der Waals surface area contributed by atoms with E-state index in [0.29, 0.717) is 5.02 Å².